The summed E-state index contributed by atoms with van der Waals surface area (Å²) in [6, 6.07) is 15.7. The van der Waals surface area contributed by atoms with Crippen molar-refractivity contribution in [1.29, 1.82) is 0 Å². The number of aromatic nitrogens is 2. The van der Waals surface area contributed by atoms with E-state index >= 15 is 0 Å². The van der Waals surface area contributed by atoms with Crippen molar-refractivity contribution in [1.82, 2.24) is 10.2 Å². The van der Waals surface area contributed by atoms with Crippen LogP contribution in [-0.4, -0.2) is 16.4 Å². The highest BCUT2D eigenvalue weighted by molar-refractivity contribution is 6.34. The Hall–Kier alpha value is -2.46. The first-order valence-electron chi connectivity index (χ1n) is 6.51. The molecule has 0 bridgehead atoms. The Kier molecular flexibility index (Phi) is 3.79. The molecule has 5 heteroatoms. The van der Waals surface area contributed by atoms with Crippen LogP contribution in [0.4, 0.5) is 5.82 Å². The molecule has 0 saturated heterocycles. The first kappa shape index (κ1) is 13.5. The molecule has 0 saturated carbocycles. The summed E-state index contributed by atoms with van der Waals surface area (Å²) in [6.07, 6.45) is 1.76. The molecule has 0 spiro atoms. The number of aryl methyl sites for hydroxylation is 1. The zero-order valence-corrected chi connectivity index (χ0v) is 12.2. The normalized spacial score (nSPS) is 11.1. The number of fused-ring (bicyclic) bond motifs is 1. The summed E-state index contributed by atoms with van der Waals surface area (Å²) in [7, 11) is 0. The van der Waals surface area contributed by atoms with Gasteiger partial charge in [-0.2, -0.15) is 5.10 Å². The van der Waals surface area contributed by atoms with Gasteiger partial charge in [0.25, 0.3) is 0 Å². The van der Waals surface area contributed by atoms with E-state index in [2.05, 4.69) is 20.7 Å². The smallest absolute Gasteiger partial charge is 0.176 e. The van der Waals surface area contributed by atoms with Gasteiger partial charge in [-0.05, 0) is 18.1 Å². The Morgan fingerprint density at radius 3 is 2.52 bits per heavy atom. The molecule has 1 aromatic heterocycles. The fraction of sp³-hybridized carbons (Fsp3) is 0.0625. The largest absolute Gasteiger partial charge is 0.259 e. The summed E-state index contributed by atoms with van der Waals surface area (Å²) in [6.45, 7) is 2.04. The Labute approximate surface area is 127 Å². The summed E-state index contributed by atoms with van der Waals surface area (Å²) in [5.41, 5.74) is 5.14. The number of anilines is 1. The molecule has 0 unspecified atom stereocenters. The number of hydrazone groups is 1. The number of halogens is 1. The van der Waals surface area contributed by atoms with Crippen molar-refractivity contribution in [3.05, 3.63) is 64.8 Å². The SMILES string of the molecule is Cc1ccccc1C=NNc1nnc(Cl)c2ccccc12. The number of benzene rings is 2. The molecule has 21 heavy (non-hydrogen) atoms. The number of nitrogens with one attached hydrogen (secondary N) is 1. The van der Waals surface area contributed by atoms with Crippen LogP contribution in [0.1, 0.15) is 11.1 Å². The maximum absolute atomic E-state index is 6.04. The third-order valence-corrected chi connectivity index (χ3v) is 3.48. The van der Waals surface area contributed by atoms with E-state index in [1.807, 2.05) is 55.5 Å². The van der Waals surface area contributed by atoms with Gasteiger partial charge >= 0.3 is 0 Å². The fourth-order valence-corrected chi connectivity index (χ4v) is 2.25. The van der Waals surface area contributed by atoms with E-state index in [1.54, 1.807) is 6.21 Å². The monoisotopic (exact) mass is 296 g/mol. The predicted molar refractivity (Wildman–Crippen MR) is 86.9 cm³/mol. The number of hydrogen-bond donors (Lipinski definition) is 1. The van der Waals surface area contributed by atoms with Gasteiger partial charge in [0, 0.05) is 10.8 Å². The van der Waals surface area contributed by atoms with Crippen LogP contribution in [0.2, 0.25) is 5.15 Å². The van der Waals surface area contributed by atoms with Crippen LogP contribution >= 0.6 is 11.6 Å². The standard InChI is InChI=1S/C16H13ClN4/c1-11-6-2-3-7-12(11)10-18-20-16-14-9-5-4-8-13(14)15(17)19-21-16/h2-10H,1H3,(H,20,21). The quantitative estimate of drug-likeness (QED) is 0.586. The third kappa shape index (κ3) is 2.85. The van der Waals surface area contributed by atoms with Crippen molar-refractivity contribution in [3.8, 4) is 0 Å². The lowest BCUT2D eigenvalue weighted by Crippen LogP contribution is -1.98. The summed E-state index contributed by atoms with van der Waals surface area (Å²) >= 11 is 6.04. The van der Waals surface area contributed by atoms with Gasteiger partial charge in [0.05, 0.1) is 6.21 Å². The lowest BCUT2D eigenvalue weighted by Gasteiger charge is -2.05. The highest BCUT2D eigenvalue weighted by Crippen LogP contribution is 2.25. The molecule has 1 N–H and O–H groups in total. The Morgan fingerprint density at radius 1 is 1.00 bits per heavy atom. The van der Waals surface area contributed by atoms with E-state index in [-0.39, 0.29) is 0 Å². The van der Waals surface area contributed by atoms with E-state index in [4.69, 9.17) is 11.6 Å². The number of rotatable bonds is 3. The highest BCUT2D eigenvalue weighted by Gasteiger charge is 2.06. The predicted octanol–water partition coefficient (Wildman–Crippen LogP) is 4.04. The average Bonchev–Trinajstić information content (AvgIpc) is 2.52. The van der Waals surface area contributed by atoms with Crippen molar-refractivity contribution in [2.45, 2.75) is 6.92 Å². The van der Waals surface area contributed by atoms with Crippen molar-refractivity contribution < 1.29 is 0 Å². The molecule has 0 atom stereocenters. The van der Waals surface area contributed by atoms with Crippen LogP contribution in [0.25, 0.3) is 10.8 Å². The van der Waals surface area contributed by atoms with Crippen molar-refractivity contribution in [3.63, 3.8) is 0 Å². The second kappa shape index (κ2) is 5.89. The zero-order valence-electron chi connectivity index (χ0n) is 11.4. The van der Waals surface area contributed by atoms with E-state index < -0.39 is 0 Å². The van der Waals surface area contributed by atoms with Crippen LogP contribution in [0, 0.1) is 6.92 Å². The van der Waals surface area contributed by atoms with Crippen LogP contribution in [0.5, 0.6) is 0 Å². The van der Waals surface area contributed by atoms with Gasteiger partial charge in [0.2, 0.25) is 0 Å². The minimum atomic E-state index is 0.388. The fourth-order valence-electron chi connectivity index (χ4n) is 2.05. The summed E-state index contributed by atoms with van der Waals surface area (Å²) in [5.74, 6) is 0.583. The molecule has 0 aliphatic rings. The third-order valence-electron chi connectivity index (χ3n) is 3.20. The maximum atomic E-state index is 6.04. The Balaban J connectivity index is 1.89. The molecule has 0 aliphatic heterocycles. The molecule has 4 nitrogen and oxygen atoms in total. The lowest BCUT2D eigenvalue weighted by atomic mass is 10.1. The van der Waals surface area contributed by atoms with Crippen LogP contribution in [0.15, 0.2) is 53.6 Å². The van der Waals surface area contributed by atoms with Crippen molar-refractivity contribution >= 4 is 34.4 Å². The van der Waals surface area contributed by atoms with Crippen molar-refractivity contribution in [2.75, 3.05) is 5.43 Å². The highest BCUT2D eigenvalue weighted by atomic mass is 35.5. The molecule has 0 amide bonds. The maximum Gasteiger partial charge on any atom is 0.176 e. The van der Waals surface area contributed by atoms with Gasteiger partial charge in [0.1, 0.15) is 0 Å². The van der Waals surface area contributed by atoms with Crippen LogP contribution in [0.3, 0.4) is 0 Å². The van der Waals surface area contributed by atoms with E-state index in [1.165, 1.54) is 0 Å². The molecule has 1 heterocycles. The van der Waals surface area contributed by atoms with Gasteiger partial charge in [-0.15, -0.1) is 10.2 Å². The first-order valence-corrected chi connectivity index (χ1v) is 6.89. The van der Waals surface area contributed by atoms with Gasteiger partial charge < -0.3 is 0 Å². The van der Waals surface area contributed by atoms with Crippen LogP contribution < -0.4 is 5.43 Å². The molecule has 104 valence electrons. The molecule has 3 rings (SSSR count). The second-order valence-electron chi connectivity index (χ2n) is 4.61. The molecule has 0 aliphatic carbocycles. The average molecular weight is 297 g/mol. The van der Waals surface area contributed by atoms with Gasteiger partial charge in [-0.3, -0.25) is 5.43 Å². The molecule has 2 aromatic carbocycles. The molecule has 0 fully saturated rings. The molecule has 0 radical (unpaired) electrons. The molecular weight excluding hydrogens is 284 g/mol. The van der Waals surface area contributed by atoms with E-state index in [9.17, 15) is 0 Å². The van der Waals surface area contributed by atoms with Crippen LogP contribution in [-0.2, 0) is 0 Å². The van der Waals surface area contributed by atoms with Gasteiger partial charge in [0.15, 0.2) is 11.0 Å². The minimum Gasteiger partial charge on any atom is -0.259 e. The zero-order chi connectivity index (χ0) is 14.7. The molecular formula is C16H13ClN4. The Morgan fingerprint density at radius 2 is 1.71 bits per heavy atom. The summed E-state index contributed by atoms with van der Waals surface area (Å²) < 4.78 is 0. The van der Waals surface area contributed by atoms with Gasteiger partial charge in [-0.1, -0.05) is 60.1 Å². The number of hydrogen-bond acceptors (Lipinski definition) is 4. The second-order valence-corrected chi connectivity index (χ2v) is 4.97. The summed E-state index contributed by atoms with van der Waals surface area (Å²) in [5, 5.41) is 14.3. The topological polar surface area (TPSA) is 50.2 Å². The van der Waals surface area contributed by atoms with Crippen molar-refractivity contribution in [2.24, 2.45) is 5.10 Å². The number of nitrogens with zero attached hydrogens (tertiary/aromatic N) is 3. The Bertz CT molecular complexity index is 814. The summed E-state index contributed by atoms with van der Waals surface area (Å²) in [4.78, 5) is 0. The van der Waals surface area contributed by atoms with E-state index in [0.29, 0.717) is 11.0 Å². The first-order chi connectivity index (χ1) is 10.3. The lowest BCUT2D eigenvalue weighted by molar-refractivity contribution is 1.04. The minimum absolute atomic E-state index is 0.388. The van der Waals surface area contributed by atoms with Gasteiger partial charge in [-0.25, -0.2) is 0 Å². The van der Waals surface area contributed by atoms with E-state index in [0.717, 1.165) is 21.9 Å². The molecule has 3 aromatic rings.